The Morgan fingerprint density at radius 3 is 2.24 bits per heavy atom. The lowest BCUT2D eigenvalue weighted by atomic mass is 10.1. The summed E-state index contributed by atoms with van der Waals surface area (Å²) in [6, 6.07) is 11.6. The Labute approximate surface area is 178 Å². The fourth-order valence-electron chi connectivity index (χ4n) is 2.63. The van der Waals surface area contributed by atoms with Gasteiger partial charge in [0.15, 0.2) is 0 Å². The summed E-state index contributed by atoms with van der Waals surface area (Å²) in [5.41, 5.74) is 1.07. The van der Waals surface area contributed by atoms with Gasteiger partial charge in [0.05, 0.1) is 11.3 Å². The number of carbonyl (C=O) groups excluding carboxylic acids is 1. The van der Waals surface area contributed by atoms with Crippen LogP contribution in [0, 0.1) is 0 Å². The molecule has 156 valence electrons. The first kappa shape index (κ1) is 23.1. The van der Waals surface area contributed by atoms with Crippen molar-refractivity contribution >= 4 is 43.5 Å². The molecule has 2 rings (SSSR count). The highest BCUT2D eigenvalue weighted by Crippen LogP contribution is 2.17. The summed E-state index contributed by atoms with van der Waals surface area (Å²) in [5, 5.41) is 11.5. The summed E-state index contributed by atoms with van der Waals surface area (Å²) >= 11 is 3.26. The van der Waals surface area contributed by atoms with Gasteiger partial charge in [-0.05, 0) is 48.4 Å². The highest BCUT2D eigenvalue weighted by atomic mass is 79.9. The van der Waals surface area contributed by atoms with Crippen LogP contribution < -0.4 is 10.0 Å². The molecule has 0 spiro atoms. The van der Waals surface area contributed by atoms with Crippen LogP contribution in [0.4, 0.5) is 5.69 Å². The topological polar surface area (TPSA) is 113 Å². The third-order valence-corrected chi connectivity index (χ3v) is 6.18. The predicted molar refractivity (Wildman–Crippen MR) is 114 cm³/mol. The largest absolute Gasteiger partial charge is 0.481 e. The van der Waals surface area contributed by atoms with Gasteiger partial charge in [0.1, 0.15) is 6.04 Å². The summed E-state index contributed by atoms with van der Waals surface area (Å²) in [7, 11) is -3.86. The van der Waals surface area contributed by atoms with E-state index in [1.807, 2.05) is 6.92 Å². The van der Waals surface area contributed by atoms with Crippen LogP contribution in [-0.2, 0) is 26.0 Å². The van der Waals surface area contributed by atoms with Crippen molar-refractivity contribution in [1.82, 2.24) is 4.72 Å². The van der Waals surface area contributed by atoms with Crippen LogP contribution >= 0.6 is 15.9 Å². The number of carboxylic acids is 1. The number of sulfonamides is 1. The second-order valence-corrected chi connectivity index (χ2v) is 9.16. The van der Waals surface area contributed by atoms with Crippen molar-refractivity contribution in [2.75, 3.05) is 5.32 Å². The summed E-state index contributed by atoms with van der Waals surface area (Å²) in [6.07, 6.45) is 1.74. The molecule has 0 saturated heterocycles. The molecule has 0 aliphatic heterocycles. The Kier molecular flexibility index (Phi) is 8.36. The maximum absolute atomic E-state index is 12.7. The summed E-state index contributed by atoms with van der Waals surface area (Å²) in [5.74, 6) is -1.41. The molecule has 2 aromatic carbocycles. The van der Waals surface area contributed by atoms with E-state index in [0.29, 0.717) is 24.1 Å². The molecule has 7 nitrogen and oxygen atoms in total. The van der Waals surface area contributed by atoms with Gasteiger partial charge < -0.3 is 10.4 Å². The molecule has 0 saturated carbocycles. The molecule has 0 heterocycles. The predicted octanol–water partition coefficient (Wildman–Crippen LogP) is 3.55. The molecular formula is C20H23BrN2O5S. The van der Waals surface area contributed by atoms with Gasteiger partial charge in [-0.15, -0.1) is 0 Å². The standard InChI is InChI=1S/C20H23BrN2O5S/c1-2-3-4-18(23-29(27,28)17-11-7-15(21)8-12-17)20(26)22-16-9-5-14(6-10-16)13-19(24)25/h5-12,18,23H,2-4,13H2,1H3,(H,22,26)(H,24,25). The van der Waals surface area contributed by atoms with E-state index in [1.54, 1.807) is 36.4 Å². The third kappa shape index (κ3) is 7.26. The zero-order chi connectivity index (χ0) is 21.4. The minimum absolute atomic E-state index is 0.0769. The van der Waals surface area contributed by atoms with Crippen LogP contribution in [0.3, 0.4) is 0 Å². The number of unbranched alkanes of at least 4 members (excludes halogenated alkanes) is 1. The molecule has 2 aromatic rings. The van der Waals surface area contributed by atoms with Crippen LogP contribution in [0.15, 0.2) is 57.9 Å². The number of halogens is 1. The van der Waals surface area contributed by atoms with Crippen molar-refractivity contribution in [3.8, 4) is 0 Å². The molecular weight excluding hydrogens is 460 g/mol. The minimum Gasteiger partial charge on any atom is -0.481 e. The Bertz CT molecular complexity index is 944. The zero-order valence-corrected chi connectivity index (χ0v) is 18.3. The van der Waals surface area contributed by atoms with Crippen molar-refractivity contribution in [3.63, 3.8) is 0 Å². The molecule has 0 aliphatic carbocycles. The van der Waals surface area contributed by atoms with E-state index in [-0.39, 0.29) is 11.3 Å². The average molecular weight is 483 g/mol. The van der Waals surface area contributed by atoms with Gasteiger partial charge in [-0.3, -0.25) is 9.59 Å². The number of rotatable bonds is 10. The molecule has 1 amide bonds. The number of nitrogens with one attached hydrogen (secondary N) is 2. The first-order valence-electron chi connectivity index (χ1n) is 9.10. The minimum atomic E-state index is -3.86. The third-order valence-electron chi connectivity index (χ3n) is 4.16. The number of benzene rings is 2. The van der Waals surface area contributed by atoms with Crippen LogP contribution in [0.25, 0.3) is 0 Å². The molecule has 3 N–H and O–H groups in total. The number of hydrogen-bond donors (Lipinski definition) is 3. The molecule has 0 aliphatic rings. The SMILES string of the molecule is CCCCC(NS(=O)(=O)c1ccc(Br)cc1)C(=O)Nc1ccc(CC(=O)O)cc1. The molecule has 0 radical (unpaired) electrons. The van der Waals surface area contributed by atoms with Gasteiger partial charge in [-0.25, -0.2) is 8.42 Å². The van der Waals surface area contributed by atoms with E-state index in [0.717, 1.165) is 10.9 Å². The average Bonchev–Trinajstić information content (AvgIpc) is 2.66. The fraction of sp³-hybridized carbons (Fsp3) is 0.300. The van der Waals surface area contributed by atoms with Gasteiger partial charge in [-0.1, -0.05) is 47.8 Å². The maximum atomic E-state index is 12.7. The normalized spacial score (nSPS) is 12.3. The molecule has 0 fully saturated rings. The van der Waals surface area contributed by atoms with Crippen LogP contribution in [-0.4, -0.2) is 31.4 Å². The molecule has 1 unspecified atom stereocenters. The summed E-state index contributed by atoms with van der Waals surface area (Å²) in [6.45, 7) is 1.96. The second kappa shape index (κ2) is 10.5. The highest BCUT2D eigenvalue weighted by Gasteiger charge is 2.25. The number of hydrogen-bond acceptors (Lipinski definition) is 4. The maximum Gasteiger partial charge on any atom is 0.307 e. The van der Waals surface area contributed by atoms with Crippen molar-refractivity contribution in [1.29, 1.82) is 0 Å². The lowest BCUT2D eigenvalue weighted by molar-refractivity contribution is -0.136. The number of carboxylic acid groups (broad SMARTS) is 1. The van der Waals surface area contributed by atoms with Gasteiger partial charge in [-0.2, -0.15) is 4.72 Å². The smallest absolute Gasteiger partial charge is 0.307 e. The van der Waals surface area contributed by atoms with Crippen molar-refractivity contribution < 1.29 is 23.1 Å². The van der Waals surface area contributed by atoms with Crippen molar-refractivity contribution in [2.45, 2.75) is 43.5 Å². The van der Waals surface area contributed by atoms with Gasteiger partial charge in [0.2, 0.25) is 15.9 Å². The first-order valence-corrected chi connectivity index (χ1v) is 11.4. The number of anilines is 1. The first-order chi connectivity index (χ1) is 13.7. The van der Waals surface area contributed by atoms with E-state index >= 15 is 0 Å². The molecule has 0 bridgehead atoms. The zero-order valence-electron chi connectivity index (χ0n) is 15.9. The quantitative estimate of drug-likeness (QED) is 0.479. The van der Waals surface area contributed by atoms with E-state index < -0.39 is 27.9 Å². The van der Waals surface area contributed by atoms with Gasteiger partial charge in [0, 0.05) is 10.2 Å². The van der Waals surface area contributed by atoms with E-state index in [9.17, 15) is 18.0 Å². The van der Waals surface area contributed by atoms with E-state index in [4.69, 9.17) is 5.11 Å². The Hall–Kier alpha value is -2.23. The van der Waals surface area contributed by atoms with Gasteiger partial charge in [0.25, 0.3) is 0 Å². The number of amides is 1. The molecule has 0 aromatic heterocycles. The number of carbonyl (C=O) groups is 2. The van der Waals surface area contributed by atoms with E-state index in [1.165, 1.54) is 12.1 Å². The van der Waals surface area contributed by atoms with Crippen molar-refractivity contribution in [3.05, 3.63) is 58.6 Å². The van der Waals surface area contributed by atoms with Crippen LogP contribution in [0.2, 0.25) is 0 Å². The molecule has 9 heteroatoms. The number of aliphatic carboxylic acids is 1. The van der Waals surface area contributed by atoms with Gasteiger partial charge >= 0.3 is 5.97 Å². The Balaban J connectivity index is 2.12. The molecule has 1 atom stereocenters. The van der Waals surface area contributed by atoms with Crippen LogP contribution in [0.1, 0.15) is 31.7 Å². The van der Waals surface area contributed by atoms with Crippen molar-refractivity contribution in [2.24, 2.45) is 0 Å². The van der Waals surface area contributed by atoms with E-state index in [2.05, 4.69) is 26.0 Å². The fourth-order valence-corrected chi connectivity index (χ4v) is 4.13. The summed E-state index contributed by atoms with van der Waals surface area (Å²) < 4.78 is 28.6. The molecule has 29 heavy (non-hydrogen) atoms. The lowest BCUT2D eigenvalue weighted by Crippen LogP contribution is -2.43. The highest BCUT2D eigenvalue weighted by molar-refractivity contribution is 9.10. The monoisotopic (exact) mass is 482 g/mol. The second-order valence-electron chi connectivity index (χ2n) is 6.53. The Morgan fingerprint density at radius 1 is 1.07 bits per heavy atom. The lowest BCUT2D eigenvalue weighted by Gasteiger charge is -2.18. The Morgan fingerprint density at radius 2 is 1.69 bits per heavy atom. The summed E-state index contributed by atoms with van der Waals surface area (Å²) in [4.78, 5) is 23.5. The van der Waals surface area contributed by atoms with Crippen LogP contribution in [0.5, 0.6) is 0 Å².